The van der Waals surface area contributed by atoms with Gasteiger partial charge in [0.05, 0.1) is 17.2 Å². The maximum Gasteiger partial charge on any atom is 0.272 e. The molecule has 94 valence electrons. The van der Waals surface area contributed by atoms with Crippen LogP contribution >= 0.6 is 0 Å². The van der Waals surface area contributed by atoms with Gasteiger partial charge in [-0.2, -0.15) is 5.10 Å². The van der Waals surface area contributed by atoms with Crippen LogP contribution in [0.2, 0.25) is 0 Å². The van der Waals surface area contributed by atoms with E-state index in [0.29, 0.717) is 0 Å². The molecule has 1 atom stereocenters. The molecule has 0 radical (unpaired) electrons. The molecule has 1 aromatic carbocycles. The predicted octanol–water partition coefficient (Wildman–Crippen LogP) is 2.34. The van der Waals surface area contributed by atoms with Crippen LogP contribution in [0.1, 0.15) is 37.1 Å². The van der Waals surface area contributed by atoms with Gasteiger partial charge in [-0.05, 0) is 24.8 Å². The quantitative estimate of drug-likeness (QED) is 0.882. The minimum absolute atomic E-state index is 0.0573. The van der Waals surface area contributed by atoms with Crippen molar-refractivity contribution in [1.29, 1.82) is 0 Å². The standard InChI is InChI=1S/C14H16N2O2/c1-2-11-9-5-3-6-10(12-7-4-8-18-12)13(9)14(17)16-15-11/h3,5-6,12H,2,4,7-8H2,1H3,(H,16,17)/t12-/m1/s1. The SMILES string of the molecule is CCc1n[nH]c(=O)c2c([C@H]3CCCO3)cccc12. The Morgan fingerprint density at radius 1 is 1.50 bits per heavy atom. The Morgan fingerprint density at radius 3 is 3.11 bits per heavy atom. The fraction of sp³-hybridized carbons (Fsp3) is 0.429. The van der Waals surface area contributed by atoms with E-state index in [1.807, 2.05) is 25.1 Å². The van der Waals surface area contributed by atoms with E-state index in [4.69, 9.17) is 4.74 Å². The minimum Gasteiger partial charge on any atom is -0.374 e. The second kappa shape index (κ2) is 4.53. The number of aryl methyl sites for hydroxylation is 1. The number of nitrogens with one attached hydrogen (secondary N) is 1. The molecule has 2 aromatic rings. The summed E-state index contributed by atoms with van der Waals surface area (Å²) in [6.07, 6.45) is 2.91. The third kappa shape index (κ3) is 1.73. The highest BCUT2D eigenvalue weighted by Gasteiger charge is 2.21. The summed E-state index contributed by atoms with van der Waals surface area (Å²) < 4.78 is 5.70. The Labute approximate surface area is 105 Å². The molecule has 4 heteroatoms. The molecule has 1 fully saturated rings. The normalized spacial score (nSPS) is 19.5. The van der Waals surface area contributed by atoms with Gasteiger partial charge in [-0.15, -0.1) is 0 Å². The van der Waals surface area contributed by atoms with E-state index in [1.54, 1.807) is 0 Å². The molecule has 1 aliphatic heterocycles. The average Bonchev–Trinajstić information content (AvgIpc) is 2.92. The van der Waals surface area contributed by atoms with Crippen LogP contribution in [0.4, 0.5) is 0 Å². The van der Waals surface area contributed by atoms with Crippen LogP contribution < -0.4 is 5.56 Å². The summed E-state index contributed by atoms with van der Waals surface area (Å²) >= 11 is 0. The van der Waals surface area contributed by atoms with Crippen LogP contribution in [0.15, 0.2) is 23.0 Å². The average molecular weight is 244 g/mol. The zero-order chi connectivity index (χ0) is 12.5. The number of H-pyrrole nitrogens is 1. The molecule has 2 heterocycles. The third-order valence-corrected chi connectivity index (χ3v) is 3.54. The largest absolute Gasteiger partial charge is 0.374 e. The summed E-state index contributed by atoms with van der Waals surface area (Å²) in [5.41, 5.74) is 1.82. The number of aromatic nitrogens is 2. The van der Waals surface area contributed by atoms with Crippen molar-refractivity contribution in [2.24, 2.45) is 0 Å². The molecular formula is C14H16N2O2. The van der Waals surface area contributed by atoms with Crippen molar-refractivity contribution in [3.05, 3.63) is 39.8 Å². The summed E-state index contributed by atoms with van der Waals surface area (Å²) in [5.74, 6) is 0. The lowest BCUT2D eigenvalue weighted by atomic mass is 9.99. The van der Waals surface area contributed by atoms with Gasteiger partial charge in [0.15, 0.2) is 0 Å². The molecule has 0 saturated carbocycles. The number of hydrogen-bond acceptors (Lipinski definition) is 3. The number of fused-ring (bicyclic) bond motifs is 1. The van der Waals surface area contributed by atoms with Crippen molar-refractivity contribution >= 4 is 10.8 Å². The first-order valence-corrected chi connectivity index (χ1v) is 6.43. The topological polar surface area (TPSA) is 55.0 Å². The summed E-state index contributed by atoms with van der Waals surface area (Å²) in [7, 11) is 0. The smallest absolute Gasteiger partial charge is 0.272 e. The fourth-order valence-corrected chi connectivity index (χ4v) is 2.66. The van der Waals surface area contributed by atoms with Gasteiger partial charge in [0.1, 0.15) is 0 Å². The van der Waals surface area contributed by atoms with Gasteiger partial charge in [0.25, 0.3) is 5.56 Å². The maximum atomic E-state index is 12.1. The molecule has 0 aliphatic carbocycles. The van der Waals surface area contributed by atoms with E-state index < -0.39 is 0 Å². The molecule has 1 N–H and O–H groups in total. The monoisotopic (exact) mass is 244 g/mol. The Balaban J connectivity index is 2.29. The van der Waals surface area contributed by atoms with Crippen molar-refractivity contribution in [2.45, 2.75) is 32.3 Å². The summed E-state index contributed by atoms with van der Waals surface area (Å²) in [6, 6.07) is 5.95. The van der Waals surface area contributed by atoms with E-state index >= 15 is 0 Å². The van der Waals surface area contributed by atoms with Gasteiger partial charge in [-0.25, -0.2) is 5.10 Å². The van der Waals surface area contributed by atoms with Gasteiger partial charge >= 0.3 is 0 Å². The second-order valence-corrected chi connectivity index (χ2v) is 4.62. The highest BCUT2D eigenvalue weighted by atomic mass is 16.5. The molecule has 0 amide bonds. The van der Waals surface area contributed by atoms with Crippen molar-refractivity contribution in [3.8, 4) is 0 Å². The lowest BCUT2D eigenvalue weighted by Crippen LogP contribution is -2.14. The van der Waals surface area contributed by atoms with Gasteiger partial charge in [0.2, 0.25) is 0 Å². The highest BCUT2D eigenvalue weighted by molar-refractivity contribution is 5.87. The van der Waals surface area contributed by atoms with Gasteiger partial charge in [-0.1, -0.05) is 25.1 Å². The van der Waals surface area contributed by atoms with Crippen LogP contribution in [0, 0.1) is 0 Å². The molecule has 0 unspecified atom stereocenters. The first-order valence-electron chi connectivity index (χ1n) is 6.43. The Hall–Kier alpha value is -1.68. The lowest BCUT2D eigenvalue weighted by Gasteiger charge is -2.13. The second-order valence-electron chi connectivity index (χ2n) is 4.62. The molecule has 0 bridgehead atoms. The number of ether oxygens (including phenoxy) is 1. The molecule has 1 aliphatic rings. The molecule has 0 spiro atoms. The number of benzene rings is 1. The van der Waals surface area contributed by atoms with Gasteiger partial charge in [-0.3, -0.25) is 4.79 Å². The van der Waals surface area contributed by atoms with Crippen molar-refractivity contribution in [1.82, 2.24) is 10.2 Å². The summed E-state index contributed by atoms with van der Waals surface area (Å²) in [6.45, 7) is 2.82. The van der Waals surface area contributed by atoms with Crippen LogP contribution in [0.3, 0.4) is 0 Å². The van der Waals surface area contributed by atoms with Gasteiger partial charge in [0, 0.05) is 12.0 Å². The van der Waals surface area contributed by atoms with Crippen LogP contribution in [0.5, 0.6) is 0 Å². The fourth-order valence-electron chi connectivity index (χ4n) is 2.66. The van der Waals surface area contributed by atoms with E-state index in [-0.39, 0.29) is 11.7 Å². The van der Waals surface area contributed by atoms with Crippen LogP contribution in [-0.4, -0.2) is 16.8 Å². The highest BCUT2D eigenvalue weighted by Crippen LogP contribution is 2.32. The zero-order valence-corrected chi connectivity index (χ0v) is 10.4. The first-order chi connectivity index (χ1) is 8.81. The maximum absolute atomic E-state index is 12.1. The Kier molecular flexibility index (Phi) is 2.88. The number of rotatable bonds is 2. The van der Waals surface area contributed by atoms with Gasteiger partial charge < -0.3 is 4.74 Å². The Morgan fingerprint density at radius 2 is 2.39 bits per heavy atom. The molecular weight excluding hydrogens is 228 g/mol. The van der Waals surface area contributed by atoms with E-state index in [2.05, 4.69) is 10.2 Å². The first kappa shape index (κ1) is 11.4. The lowest BCUT2D eigenvalue weighted by molar-refractivity contribution is 0.113. The van der Waals surface area contributed by atoms with E-state index in [9.17, 15) is 4.79 Å². The molecule has 1 aromatic heterocycles. The van der Waals surface area contributed by atoms with Crippen molar-refractivity contribution < 1.29 is 4.74 Å². The molecule has 3 rings (SSSR count). The van der Waals surface area contributed by atoms with Crippen LogP contribution in [-0.2, 0) is 11.2 Å². The van der Waals surface area contributed by atoms with Crippen molar-refractivity contribution in [2.75, 3.05) is 6.61 Å². The molecule has 1 saturated heterocycles. The molecule has 4 nitrogen and oxygen atoms in total. The number of hydrogen-bond donors (Lipinski definition) is 1. The van der Waals surface area contributed by atoms with Crippen LogP contribution in [0.25, 0.3) is 10.8 Å². The minimum atomic E-state index is -0.117. The summed E-state index contributed by atoms with van der Waals surface area (Å²) in [5, 5.41) is 8.41. The Bertz CT molecular complexity index is 627. The van der Waals surface area contributed by atoms with E-state index in [0.717, 1.165) is 47.9 Å². The molecule has 18 heavy (non-hydrogen) atoms. The van der Waals surface area contributed by atoms with E-state index in [1.165, 1.54) is 0 Å². The number of aromatic amines is 1. The third-order valence-electron chi connectivity index (χ3n) is 3.54. The predicted molar refractivity (Wildman–Crippen MR) is 69.7 cm³/mol. The summed E-state index contributed by atoms with van der Waals surface area (Å²) in [4.78, 5) is 12.1. The van der Waals surface area contributed by atoms with Crippen molar-refractivity contribution in [3.63, 3.8) is 0 Å². The zero-order valence-electron chi connectivity index (χ0n) is 10.4. The number of nitrogens with zero attached hydrogens (tertiary/aromatic N) is 1.